The molecule has 2 aromatic carbocycles. The van der Waals surface area contributed by atoms with Gasteiger partial charge >= 0.3 is 12.1 Å². The van der Waals surface area contributed by atoms with Crippen LogP contribution in [0, 0.1) is 11.8 Å². The van der Waals surface area contributed by atoms with Crippen molar-refractivity contribution in [2.24, 2.45) is 11.8 Å². The molecular weight excluding hydrogens is 432 g/mol. The van der Waals surface area contributed by atoms with E-state index < -0.39 is 24.0 Å². The second kappa shape index (κ2) is 11.2. The number of rotatable bonds is 10. The minimum Gasteiger partial charge on any atom is -0.481 e. The molecule has 182 valence electrons. The molecule has 3 unspecified atom stereocenters. The fourth-order valence-electron chi connectivity index (χ4n) is 4.75. The van der Waals surface area contributed by atoms with E-state index >= 15 is 0 Å². The average molecular weight is 467 g/mol. The van der Waals surface area contributed by atoms with Crippen molar-refractivity contribution in [3.05, 3.63) is 59.7 Å². The second-order valence-electron chi connectivity index (χ2n) is 9.37. The Balaban J connectivity index is 1.46. The van der Waals surface area contributed by atoms with Crippen molar-refractivity contribution in [1.82, 2.24) is 10.6 Å². The Morgan fingerprint density at radius 3 is 2.00 bits per heavy atom. The lowest BCUT2D eigenvalue weighted by molar-refractivity contribution is -0.144. The lowest BCUT2D eigenvalue weighted by atomic mass is 9.89. The number of hydrogen-bond acceptors (Lipinski definition) is 4. The summed E-state index contributed by atoms with van der Waals surface area (Å²) in [5.41, 5.74) is 4.64. The highest BCUT2D eigenvalue weighted by Crippen LogP contribution is 2.44. The maximum absolute atomic E-state index is 12.4. The van der Waals surface area contributed by atoms with Crippen molar-refractivity contribution < 1.29 is 24.2 Å². The van der Waals surface area contributed by atoms with Crippen molar-refractivity contribution in [3.63, 3.8) is 0 Å². The molecule has 0 saturated carbocycles. The molecule has 0 bridgehead atoms. The summed E-state index contributed by atoms with van der Waals surface area (Å²) < 4.78 is 5.55. The SMILES string of the molecule is CC(CCC(=O)NC(C)C(C(=O)O)C(C)C)NC(=O)OCC1c2ccccc2-c2ccccc21. The number of ether oxygens (including phenoxy) is 1. The molecule has 0 spiro atoms. The summed E-state index contributed by atoms with van der Waals surface area (Å²) >= 11 is 0. The fourth-order valence-corrected chi connectivity index (χ4v) is 4.75. The molecule has 2 aromatic rings. The lowest BCUT2D eigenvalue weighted by Gasteiger charge is -2.24. The molecule has 3 N–H and O–H groups in total. The number of hydrogen-bond donors (Lipinski definition) is 3. The number of amides is 2. The Morgan fingerprint density at radius 2 is 1.47 bits per heavy atom. The van der Waals surface area contributed by atoms with Crippen LogP contribution in [0.4, 0.5) is 4.79 Å². The second-order valence-corrected chi connectivity index (χ2v) is 9.37. The molecule has 2 amide bonds. The molecule has 0 heterocycles. The highest BCUT2D eigenvalue weighted by molar-refractivity contribution is 5.79. The van der Waals surface area contributed by atoms with E-state index in [1.165, 1.54) is 11.1 Å². The lowest BCUT2D eigenvalue weighted by Crippen LogP contribution is -2.44. The summed E-state index contributed by atoms with van der Waals surface area (Å²) in [7, 11) is 0. The molecular formula is C27H34N2O5. The number of carbonyl (C=O) groups is 3. The van der Waals surface area contributed by atoms with E-state index in [1.54, 1.807) is 6.92 Å². The molecule has 7 nitrogen and oxygen atoms in total. The van der Waals surface area contributed by atoms with Gasteiger partial charge in [0.2, 0.25) is 5.91 Å². The first-order chi connectivity index (χ1) is 16.2. The van der Waals surface area contributed by atoms with Gasteiger partial charge in [-0.3, -0.25) is 9.59 Å². The highest BCUT2D eigenvalue weighted by atomic mass is 16.5. The van der Waals surface area contributed by atoms with Gasteiger partial charge in [0.05, 0.1) is 5.92 Å². The van der Waals surface area contributed by atoms with Gasteiger partial charge in [-0.1, -0.05) is 62.4 Å². The Hall–Kier alpha value is -3.35. The summed E-state index contributed by atoms with van der Waals surface area (Å²) in [4.78, 5) is 36.1. The van der Waals surface area contributed by atoms with Crippen LogP contribution in [0.15, 0.2) is 48.5 Å². The van der Waals surface area contributed by atoms with Crippen LogP contribution in [-0.2, 0) is 14.3 Å². The highest BCUT2D eigenvalue weighted by Gasteiger charge is 2.30. The van der Waals surface area contributed by atoms with Crippen molar-refractivity contribution in [1.29, 1.82) is 0 Å². The molecule has 3 atom stereocenters. The van der Waals surface area contributed by atoms with Gasteiger partial charge in [0.15, 0.2) is 0 Å². The zero-order valence-corrected chi connectivity index (χ0v) is 20.2. The minimum absolute atomic E-state index is 0.0103. The van der Waals surface area contributed by atoms with Gasteiger partial charge in [0.1, 0.15) is 6.61 Å². The number of aliphatic carboxylic acids is 1. The molecule has 0 aromatic heterocycles. The summed E-state index contributed by atoms with van der Waals surface area (Å²) in [5.74, 6) is -1.92. The number of nitrogens with one attached hydrogen (secondary N) is 2. The Labute approximate surface area is 200 Å². The summed E-state index contributed by atoms with van der Waals surface area (Å²) in [6.07, 6.45) is 0.0794. The Morgan fingerprint density at radius 1 is 0.912 bits per heavy atom. The van der Waals surface area contributed by atoms with Crippen LogP contribution in [-0.4, -0.2) is 41.8 Å². The van der Waals surface area contributed by atoms with Crippen LogP contribution in [0.25, 0.3) is 11.1 Å². The number of benzene rings is 2. The molecule has 1 aliphatic carbocycles. The van der Waals surface area contributed by atoms with Gasteiger partial charge in [0, 0.05) is 24.4 Å². The van der Waals surface area contributed by atoms with E-state index in [0.29, 0.717) is 6.42 Å². The monoisotopic (exact) mass is 466 g/mol. The zero-order valence-electron chi connectivity index (χ0n) is 20.2. The topological polar surface area (TPSA) is 105 Å². The number of carboxylic acids is 1. The maximum Gasteiger partial charge on any atom is 0.407 e. The van der Waals surface area contributed by atoms with Gasteiger partial charge in [-0.25, -0.2) is 4.79 Å². The number of fused-ring (bicyclic) bond motifs is 3. The van der Waals surface area contributed by atoms with Gasteiger partial charge in [-0.05, 0) is 48.4 Å². The zero-order chi connectivity index (χ0) is 24.8. The van der Waals surface area contributed by atoms with Gasteiger partial charge in [0.25, 0.3) is 0 Å². The molecule has 7 heteroatoms. The fraction of sp³-hybridized carbons (Fsp3) is 0.444. The van der Waals surface area contributed by atoms with Gasteiger partial charge in [-0.2, -0.15) is 0 Å². The van der Waals surface area contributed by atoms with Crippen molar-refractivity contribution in [2.75, 3.05) is 6.61 Å². The predicted molar refractivity (Wildman–Crippen MR) is 130 cm³/mol. The number of carboxylic acid groups (broad SMARTS) is 1. The van der Waals surface area contributed by atoms with Crippen LogP contribution >= 0.6 is 0 Å². The van der Waals surface area contributed by atoms with Gasteiger partial charge < -0.3 is 20.5 Å². The molecule has 0 fully saturated rings. The predicted octanol–water partition coefficient (Wildman–Crippen LogP) is 4.56. The molecule has 0 radical (unpaired) electrons. The largest absolute Gasteiger partial charge is 0.481 e. The van der Waals surface area contributed by atoms with E-state index in [0.717, 1.165) is 11.1 Å². The first kappa shape index (κ1) is 25.3. The third-order valence-corrected chi connectivity index (χ3v) is 6.44. The first-order valence-corrected chi connectivity index (χ1v) is 11.8. The van der Waals surface area contributed by atoms with Crippen LogP contribution in [0.5, 0.6) is 0 Å². The van der Waals surface area contributed by atoms with Crippen LogP contribution in [0.2, 0.25) is 0 Å². The van der Waals surface area contributed by atoms with E-state index in [4.69, 9.17) is 4.74 Å². The average Bonchev–Trinajstić information content (AvgIpc) is 3.09. The normalized spacial score (nSPS) is 15.1. The van der Waals surface area contributed by atoms with Crippen LogP contribution < -0.4 is 10.6 Å². The van der Waals surface area contributed by atoms with Crippen molar-refractivity contribution >= 4 is 18.0 Å². The molecule has 34 heavy (non-hydrogen) atoms. The third-order valence-electron chi connectivity index (χ3n) is 6.44. The minimum atomic E-state index is -0.923. The van der Waals surface area contributed by atoms with Crippen molar-refractivity contribution in [3.8, 4) is 11.1 Å². The number of carbonyl (C=O) groups excluding carboxylic acids is 2. The third kappa shape index (κ3) is 5.95. The first-order valence-electron chi connectivity index (χ1n) is 11.8. The summed E-state index contributed by atoms with van der Waals surface area (Å²) in [6.45, 7) is 7.39. The summed E-state index contributed by atoms with van der Waals surface area (Å²) in [6, 6.07) is 15.6. The maximum atomic E-state index is 12.4. The van der Waals surface area contributed by atoms with E-state index in [1.807, 2.05) is 45.0 Å². The van der Waals surface area contributed by atoms with Crippen LogP contribution in [0.1, 0.15) is 57.6 Å². The van der Waals surface area contributed by atoms with Crippen molar-refractivity contribution in [2.45, 2.75) is 58.5 Å². The van der Waals surface area contributed by atoms with E-state index in [2.05, 4.69) is 34.9 Å². The van der Waals surface area contributed by atoms with Crippen LogP contribution in [0.3, 0.4) is 0 Å². The van der Waals surface area contributed by atoms with Gasteiger partial charge in [-0.15, -0.1) is 0 Å². The van der Waals surface area contributed by atoms with E-state index in [-0.39, 0.29) is 36.8 Å². The quantitative estimate of drug-likeness (QED) is 0.476. The summed E-state index contributed by atoms with van der Waals surface area (Å²) in [5, 5.41) is 14.9. The molecule has 0 saturated heterocycles. The van der Waals surface area contributed by atoms with E-state index in [9.17, 15) is 19.5 Å². The molecule has 3 rings (SSSR count). The number of alkyl carbamates (subject to hydrolysis) is 1. The molecule has 0 aliphatic heterocycles. The molecule has 1 aliphatic rings. The Kier molecular flexibility index (Phi) is 8.31. The smallest absolute Gasteiger partial charge is 0.407 e. The standard InChI is InChI=1S/C27H34N2O5/c1-16(2)25(26(31)32)18(4)29-24(30)14-13-17(3)28-27(33)34-15-23-21-11-7-5-9-19(21)20-10-6-8-12-22(20)23/h5-12,16-18,23,25H,13-15H2,1-4H3,(H,28,33)(H,29,30)(H,31,32). The Bertz CT molecular complexity index is 990.